The maximum atomic E-state index is 13.1. The summed E-state index contributed by atoms with van der Waals surface area (Å²) in [4.78, 5) is 25.9. The lowest BCUT2D eigenvalue weighted by Crippen LogP contribution is -2.64. The molecule has 0 aromatic heterocycles. The molecule has 0 bridgehead atoms. The topological polar surface area (TPSA) is 55.4 Å². The molecular formula is C30H41NO3. The number of hydrogen-bond acceptors (Lipinski definition) is 4. The number of Topliss-reactive ketones (excluding diaryl/α,β-unsaturated/α-hetero) is 1. The molecule has 1 aliphatic heterocycles. The molecular weight excluding hydrogens is 422 g/mol. The van der Waals surface area contributed by atoms with Crippen LogP contribution in [0.15, 0.2) is 30.3 Å². The number of fused-ring (bicyclic) bond motifs is 5. The van der Waals surface area contributed by atoms with E-state index in [1.165, 1.54) is 24.8 Å². The van der Waals surface area contributed by atoms with E-state index < -0.39 is 0 Å². The summed E-state index contributed by atoms with van der Waals surface area (Å²) in [6, 6.07) is 9.98. The fourth-order valence-electron chi connectivity index (χ4n) is 9.42. The molecule has 5 aliphatic rings. The Labute approximate surface area is 204 Å². The number of hydrogen-bond donors (Lipinski definition) is 1. The van der Waals surface area contributed by atoms with Gasteiger partial charge < -0.3 is 10.1 Å². The average molecular weight is 464 g/mol. The first kappa shape index (κ1) is 22.8. The Morgan fingerprint density at radius 1 is 0.941 bits per heavy atom. The van der Waals surface area contributed by atoms with Crippen molar-refractivity contribution >= 4 is 11.8 Å². The summed E-state index contributed by atoms with van der Waals surface area (Å²) >= 11 is 0. The fourth-order valence-corrected chi connectivity index (χ4v) is 9.42. The first-order valence-electron chi connectivity index (χ1n) is 13.7. The zero-order valence-corrected chi connectivity index (χ0v) is 21.2. The van der Waals surface area contributed by atoms with Gasteiger partial charge in [0, 0.05) is 18.4 Å². The number of morpholine rings is 1. The number of nitrogens with one attached hydrogen (secondary N) is 1. The van der Waals surface area contributed by atoms with E-state index in [-0.39, 0.29) is 28.4 Å². The highest BCUT2D eigenvalue weighted by atomic mass is 16.6. The van der Waals surface area contributed by atoms with Crippen LogP contribution >= 0.6 is 0 Å². The molecule has 4 heteroatoms. The summed E-state index contributed by atoms with van der Waals surface area (Å²) in [5.41, 5.74) is 1.20. The van der Waals surface area contributed by atoms with Gasteiger partial charge in [0.25, 0.3) is 0 Å². The van der Waals surface area contributed by atoms with Gasteiger partial charge in [-0.1, -0.05) is 51.1 Å². The predicted molar refractivity (Wildman–Crippen MR) is 132 cm³/mol. The van der Waals surface area contributed by atoms with E-state index in [2.05, 4.69) is 38.2 Å². The first-order valence-corrected chi connectivity index (χ1v) is 13.7. The van der Waals surface area contributed by atoms with Crippen LogP contribution in [0.4, 0.5) is 0 Å². The maximum absolute atomic E-state index is 13.1. The Morgan fingerprint density at radius 3 is 2.50 bits per heavy atom. The molecule has 1 aromatic carbocycles. The third-order valence-corrected chi connectivity index (χ3v) is 11.9. The standard InChI is InChI=1S/C30H41NO3/c1-27-15-16-30(19-31-24(26(33)34-30)17-20-7-5-4-6-8-20)18-21(27)9-10-23-22(27)11-13-29(3)25(32)12-14-28(23,29)2/h4-8,21-24,31H,9-19H2,1-3H3/t21-,22-,23+,24-,27-,28-,29+,30+/m0/s1. The molecule has 34 heavy (non-hydrogen) atoms. The lowest BCUT2D eigenvalue weighted by Gasteiger charge is -2.64. The number of carbonyl (C=O) groups excluding carboxylic acids is 2. The highest BCUT2D eigenvalue weighted by Gasteiger charge is 2.66. The van der Waals surface area contributed by atoms with Crippen LogP contribution in [0.2, 0.25) is 0 Å². The molecule has 6 rings (SSSR count). The SMILES string of the molecule is C[C@]12CC[C@]3(CN[C@@H](Cc4ccccc4)C(=O)O3)C[C@@H]1CC[C@@H]1[C@@H]2CC[C@]2(C)C(=O)CC[C@@]12C. The molecule has 1 aromatic rings. The number of ether oxygens (including phenoxy) is 1. The summed E-state index contributed by atoms with van der Waals surface area (Å²) in [5, 5.41) is 3.58. The minimum Gasteiger partial charge on any atom is -0.457 e. The van der Waals surface area contributed by atoms with Crippen molar-refractivity contribution < 1.29 is 14.3 Å². The summed E-state index contributed by atoms with van der Waals surface area (Å²) in [7, 11) is 0. The smallest absolute Gasteiger partial charge is 0.324 e. The summed E-state index contributed by atoms with van der Waals surface area (Å²) in [6.07, 6.45) is 10.4. The van der Waals surface area contributed by atoms with E-state index in [0.717, 1.165) is 45.1 Å². The molecule has 0 amide bonds. The Bertz CT molecular complexity index is 992. The van der Waals surface area contributed by atoms with E-state index in [9.17, 15) is 9.59 Å². The van der Waals surface area contributed by atoms with Crippen LogP contribution in [0.1, 0.15) is 84.1 Å². The van der Waals surface area contributed by atoms with Crippen molar-refractivity contribution in [2.24, 2.45) is 34.0 Å². The second kappa shape index (κ2) is 7.66. The van der Waals surface area contributed by atoms with Crippen LogP contribution in [-0.4, -0.2) is 29.9 Å². The van der Waals surface area contributed by atoms with Gasteiger partial charge in [0.05, 0.1) is 0 Å². The fraction of sp³-hybridized carbons (Fsp3) is 0.733. The van der Waals surface area contributed by atoms with E-state index in [1.54, 1.807) is 0 Å². The van der Waals surface area contributed by atoms with Gasteiger partial charge in [0.2, 0.25) is 0 Å². The predicted octanol–water partition coefficient (Wildman–Crippen LogP) is 5.48. The molecule has 0 radical (unpaired) electrons. The van der Waals surface area contributed by atoms with Crippen molar-refractivity contribution in [2.75, 3.05) is 6.54 Å². The molecule has 4 nitrogen and oxygen atoms in total. The highest BCUT2D eigenvalue weighted by Crippen LogP contribution is 2.71. The lowest BCUT2D eigenvalue weighted by atomic mass is 9.40. The molecule has 8 atom stereocenters. The largest absolute Gasteiger partial charge is 0.457 e. The van der Waals surface area contributed by atoms with Crippen LogP contribution < -0.4 is 5.32 Å². The first-order chi connectivity index (χ1) is 16.2. The molecule has 4 aliphatic carbocycles. The Balaban J connectivity index is 1.17. The number of rotatable bonds is 2. The third-order valence-electron chi connectivity index (χ3n) is 11.9. The molecule has 0 unspecified atom stereocenters. The van der Waals surface area contributed by atoms with Crippen molar-refractivity contribution in [3.8, 4) is 0 Å². The van der Waals surface area contributed by atoms with E-state index >= 15 is 0 Å². The summed E-state index contributed by atoms with van der Waals surface area (Å²) < 4.78 is 6.30. The van der Waals surface area contributed by atoms with Gasteiger partial charge in [0.15, 0.2) is 0 Å². The minimum atomic E-state index is -0.336. The molecule has 1 N–H and O–H groups in total. The second-order valence-corrected chi connectivity index (χ2v) is 13.1. The molecule has 1 heterocycles. The zero-order chi connectivity index (χ0) is 23.8. The average Bonchev–Trinajstić information content (AvgIpc) is 3.07. The van der Waals surface area contributed by atoms with Crippen LogP contribution in [0.25, 0.3) is 0 Å². The van der Waals surface area contributed by atoms with Crippen molar-refractivity contribution in [2.45, 2.75) is 96.6 Å². The van der Waals surface area contributed by atoms with Gasteiger partial charge in [-0.3, -0.25) is 9.59 Å². The van der Waals surface area contributed by atoms with Gasteiger partial charge in [-0.05, 0) is 91.9 Å². The van der Waals surface area contributed by atoms with E-state index in [0.29, 0.717) is 35.4 Å². The number of ketones is 1. The van der Waals surface area contributed by atoms with Gasteiger partial charge in [0.1, 0.15) is 17.4 Å². The summed E-state index contributed by atoms with van der Waals surface area (Å²) in [6.45, 7) is 8.05. The van der Waals surface area contributed by atoms with Crippen molar-refractivity contribution in [1.29, 1.82) is 0 Å². The number of benzene rings is 1. The van der Waals surface area contributed by atoms with E-state index in [4.69, 9.17) is 4.74 Å². The second-order valence-electron chi connectivity index (χ2n) is 13.1. The molecule has 1 spiro atoms. The maximum Gasteiger partial charge on any atom is 0.324 e. The highest BCUT2D eigenvalue weighted by molar-refractivity contribution is 5.88. The van der Waals surface area contributed by atoms with Gasteiger partial charge >= 0.3 is 5.97 Å². The third kappa shape index (κ3) is 3.13. The molecule has 1 saturated heterocycles. The Hall–Kier alpha value is -1.68. The van der Waals surface area contributed by atoms with Crippen molar-refractivity contribution in [3.63, 3.8) is 0 Å². The van der Waals surface area contributed by atoms with Gasteiger partial charge in [-0.25, -0.2) is 0 Å². The monoisotopic (exact) mass is 463 g/mol. The van der Waals surface area contributed by atoms with Gasteiger partial charge in [-0.15, -0.1) is 0 Å². The van der Waals surface area contributed by atoms with Crippen LogP contribution in [0.3, 0.4) is 0 Å². The molecule has 4 saturated carbocycles. The van der Waals surface area contributed by atoms with Crippen LogP contribution in [0.5, 0.6) is 0 Å². The van der Waals surface area contributed by atoms with Crippen molar-refractivity contribution in [1.82, 2.24) is 5.32 Å². The summed E-state index contributed by atoms with van der Waals surface area (Å²) in [5.74, 6) is 2.42. The lowest BCUT2D eigenvalue weighted by molar-refractivity contribution is -0.199. The quantitative estimate of drug-likeness (QED) is 0.590. The van der Waals surface area contributed by atoms with Crippen molar-refractivity contribution in [3.05, 3.63) is 35.9 Å². The van der Waals surface area contributed by atoms with E-state index in [1.807, 2.05) is 18.2 Å². The van der Waals surface area contributed by atoms with Gasteiger partial charge in [-0.2, -0.15) is 0 Å². The Kier molecular flexibility index (Phi) is 5.13. The van der Waals surface area contributed by atoms with Crippen LogP contribution in [-0.2, 0) is 20.7 Å². The molecule has 5 fully saturated rings. The minimum absolute atomic E-state index is 0.0715. The number of esters is 1. The molecule has 184 valence electrons. The number of carbonyl (C=O) groups is 2. The normalized spacial score (nSPS) is 48.1. The zero-order valence-electron chi connectivity index (χ0n) is 21.2. The Morgan fingerprint density at radius 2 is 1.74 bits per heavy atom. The van der Waals surface area contributed by atoms with Crippen LogP contribution in [0, 0.1) is 34.0 Å².